The quantitative estimate of drug-likeness (QED) is 0.798. The maximum absolute atomic E-state index is 11.0. The average molecular weight is 344 g/mol. The smallest absolute Gasteiger partial charge is 0.0945 e. The van der Waals surface area contributed by atoms with Crippen molar-refractivity contribution >= 4 is 11.6 Å². The SMILES string of the molecule is CCCCC(C(O)c1ccc(Cl)cc1)N1CCc2ccccc2C1. The van der Waals surface area contributed by atoms with Gasteiger partial charge in [0.15, 0.2) is 0 Å². The molecule has 2 unspecified atom stereocenters. The molecule has 0 aliphatic carbocycles. The zero-order chi connectivity index (χ0) is 16.9. The van der Waals surface area contributed by atoms with Crippen molar-refractivity contribution in [2.24, 2.45) is 0 Å². The summed E-state index contributed by atoms with van der Waals surface area (Å²) < 4.78 is 0. The molecule has 2 atom stereocenters. The highest BCUT2D eigenvalue weighted by molar-refractivity contribution is 6.30. The van der Waals surface area contributed by atoms with Gasteiger partial charge in [0, 0.05) is 24.2 Å². The van der Waals surface area contributed by atoms with Crippen molar-refractivity contribution < 1.29 is 5.11 Å². The van der Waals surface area contributed by atoms with Gasteiger partial charge in [-0.1, -0.05) is 67.8 Å². The summed E-state index contributed by atoms with van der Waals surface area (Å²) in [6.45, 7) is 4.14. The summed E-state index contributed by atoms with van der Waals surface area (Å²) in [4.78, 5) is 2.46. The van der Waals surface area contributed by atoms with Crippen molar-refractivity contribution in [3.05, 3.63) is 70.2 Å². The number of aliphatic hydroxyl groups excluding tert-OH is 1. The van der Waals surface area contributed by atoms with Gasteiger partial charge in [0.1, 0.15) is 0 Å². The summed E-state index contributed by atoms with van der Waals surface area (Å²) in [6, 6.07) is 16.4. The maximum atomic E-state index is 11.0. The Morgan fingerprint density at radius 1 is 1.08 bits per heavy atom. The van der Waals surface area contributed by atoms with Crippen LogP contribution in [-0.2, 0) is 13.0 Å². The largest absolute Gasteiger partial charge is 0.387 e. The van der Waals surface area contributed by atoms with Crippen molar-refractivity contribution in [3.8, 4) is 0 Å². The van der Waals surface area contributed by atoms with Gasteiger partial charge < -0.3 is 5.11 Å². The zero-order valence-electron chi connectivity index (χ0n) is 14.3. The van der Waals surface area contributed by atoms with Crippen molar-refractivity contribution in [3.63, 3.8) is 0 Å². The highest BCUT2D eigenvalue weighted by Gasteiger charge is 2.29. The first-order chi connectivity index (χ1) is 11.7. The number of unbranched alkanes of at least 4 members (excludes halogenated alkanes) is 1. The monoisotopic (exact) mass is 343 g/mol. The van der Waals surface area contributed by atoms with E-state index in [1.807, 2.05) is 24.3 Å². The molecule has 1 aliphatic heterocycles. The third-order valence-electron chi connectivity index (χ3n) is 5.06. The predicted octanol–water partition coefficient (Wildman–Crippen LogP) is 4.99. The lowest BCUT2D eigenvalue weighted by Gasteiger charge is -2.38. The summed E-state index contributed by atoms with van der Waals surface area (Å²) in [5, 5.41) is 11.7. The second-order valence-electron chi connectivity index (χ2n) is 6.70. The van der Waals surface area contributed by atoms with Crippen LogP contribution in [0.4, 0.5) is 0 Å². The van der Waals surface area contributed by atoms with E-state index in [4.69, 9.17) is 11.6 Å². The number of aliphatic hydroxyl groups is 1. The van der Waals surface area contributed by atoms with Gasteiger partial charge in [-0.3, -0.25) is 4.90 Å². The Balaban J connectivity index is 1.80. The lowest BCUT2D eigenvalue weighted by Crippen LogP contribution is -2.42. The van der Waals surface area contributed by atoms with Gasteiger partial charge in [-0.15, -0.1) is 0 Å². The van der Waals surface area contributed by atoms with E-state index in [0.717, 1.165) is 44.3 Å². The van der Waals surface area contributed by atoms with Crippen LogP contribution in [0.15, 0.2) is 48.5 Å². The summed E-state index contributed by atoms with van der Waals surface area (Å²) in [5.41, 5.74) is 3.80. The normalized spacial score (nSPS) is 17.3. The number of fused-ring (bicyclic) bond motifs is 1. The predicted molar refractivity (Wildman–Crippen MR) is 100 cm³/mol. The van der Waals surface area contributed by atoms with Gasteiger partial charge in [-0.25, -0.2) is 0 Å². The highest BCUT2D eigenvalue weighted by Crippen LogP contribution is 2.30. The fraction of sp³-hybridized carbons (Fsp3) is 0.429. The van der Waals surface area contributed by atoms with Crippen LogP contribution in [0.25, 0.3) is 0 Å². The lowest BCUT2D eigenvalue weighted by molar-refractivity contribution is 0.0340. The third-order valence-corrected chi connectivity index (χ3v) is 5.31. The summed E-state index contributed by atoms with van der Waals surface area (Å²) in [5.74, 6) is 0. The van der Waals surface area contributed by atoms with E-state index in [9.17, 15) is 5.11 Å². The minimum absolute atomic E-state index is 0.152. The number of hydrogen-bond acceptors (Lipinski definition) is 2. The molecule has 1 heterocycles. The number of benzene rings is 2. The first kappa shape index (κ1) is 17.5. The Hall–Kier alpha value is -1.35. The topological polar surface area (TPSA) is 23.5 Å². The molecule has 1 N–H and O–H groups in total. The molecular formula is C21H26ClNO. The van der Waals surface area contributed by atoms with E-state index in [1.54, 1.807) is 0 Å². The van der Waals surface area contributed by atoms with Crippen LogP contribution < -0.4 is 0 Å². The number of hydrogen-bond donors (Lipinski definition) is 1. The summed E-state index contributed by atoms with van der Waals surface area (Å²) in [7, 11) is 0. The van der Waals surface area contributed by atoms with Crippen molar-refractivity contribution in [1.29, 1.82) is 0 Å². The first-order valence-electron chi connectivity index (χ1n) is 8.93. The van der Waals surface area contributed by atoms with E-state index >= 15 is 0 Å². The van der Waals surface area contributed by atoms with Gasteiger partial charge >= 0.3 is 0 Å². The standard InChI is InChI=1S/C21H26ClNO/c1-2-3-8-20(21(24)17-9-11-19(22)12-10-17)23-14-13-16-6-4-5-7-18(16)15-23/h4-7,9-12,20-21,24H,2-3,8,13-15H2,1H3. The third kappa shape index (κ3) is 4.00. The van der Waals surface area contributed by atoms with E-state index in [-0.39, 0.29) is 6.04 Å². The van der Waals surface area contributed by atoms with Gasteiger partial charge in [-0.2, -0.15) is 0 Å². The van der Waals surface area contributed by atoms with Crippen LogP contribution in [0, 0.1) is 0 Å². The first-order valence-corrected chi connectivity index (χ1v) is 9.31. The Bertz CT molecular complexity index is 655. The molecule has 0 radical (unpaired) electrons. The lowest BCUT2D eigenvalue weighted by atomic mass is 9.92. The van der Waals surface area contributed by atoms with Crippen LogP contribution in [-0.4, -0.2) is 22.6 Å². The molecule has 2 nitrogen and oxygen atoms in total. The molecule has 0 fully saturated rings. The molecule has 0 saturated carbocycles. The maximum Gasteiger partial charge on any atom is 0.0945 e. The van der Waals surface area contributed by atoms with Crippen LogP contribution >= 0.6 is 11.6 Å². The molecule has 0 spiro atoms. The molecule has 24 heavy (non-hydrogen) atoms. The summed E-state index contributed by atoms with van der Waals surface area (Å²) >= 11 is 5.99. The number of nitrogens with zero attached hydrogens (tertiary/aromatic N) is 1. The Morgan fingerprint density at radius 3 is 2.50 bits per heavy atom. The molecule has 3 rings (SSSR count). The zero-order valence-corrected chi connectivity index (χ0v) is 15.0. The average Bonchev–Trinajstić information content (AvgIpc) is 2.62. The van der Waals surface area contributed by atoms with Gasteiger partial charge in [0.25, 0.3) is 0 Å². The molecule has 0 amide bonds. The van der Waals surface area contributed by atoms with Gasteiger partial charge in [0.05, 0.1) is 6.10 Å². The van der Waals surface area contributed by atoms with Gasteiger partial charge in [-0.05, 0) is 41.7 Å². The second-order valence-corrected chi connectivity index (χ2v) is 7.13. The van der Waals surface area contributed by atoms with E-state index < -0.39 is 6.10 Å². The van der Waals surface area contributed by atoms with Crippen LogP contribution in [0.2, 0.25) is 5.02 Å². The molecular weight excluding hydrogens is 318 g/mol. The molecule has 1 aliphatic rings. The molecule has 2 aromatic rings. The Morgan fingerprint density at radius 2 is 1.79 bits per heavy atom. The number of halogens is 1. The Kier molecular flexibility index (Phi) is 5.94. The fourth-order valence-corrected chi connectivity index (χ4v) is 3.76. The van der Waals surface area contributed by atoms with Crippen LogP contribution in [0.3, 0.4) is 0 Å². The van der Waals surface area contributed by atoms with Gasteiger partial charge in [0.2, 0.25) is 0 Å². The minimum atomic E-state index is -0.473. The van der Waals surface area contributed by atoms with Crippen molar-refractivity contribution in [2.75, 3.05) is 6.54 Å². The molecule has 2 aromatic carbocycles. The molecule has 0 saturated heterocycles. The summed E-state index contributed by atoms with van der Waals surface area (Å²) in [6.07, 6.45) is 3.88. The molecule has 128 valence electrons. The van der Waals surface area contributed by atoms with Crippen LogP contribution in [0.1, 0.15) is 49.0 Å². The minimum Gasteiger partial charge on any atom is -0.387 e. The molecule has 0 aromatic heterocycles. The fourth-order valence-electron chi connectivity index (χ4n) is 3.64. The van der Waals surface area contributed by atoms with Crippen molar-refractivity contribution in [1.82, 2.24) is 4.90 Å². The molecule has 3 heteroatoms. The van der Waals surface area contributed by atoms with Crippen LogP contribution in [0.5, 0.6) is 0 Å². The number of rotatable bonds is 6. The van der Waals surface area contributed by atoms with Crippen molar-refractivity contribution in [2.45, 2.75) is 51.3 Å². The Labute approximate surface area is 150 Å². The van der Waals surface area contributed by atoms with E-state index in [0.29, 0.717) is 5.02 Å². The molecule has 0 bridgehead atoms. The van der Waals surface area contributed by atoms with E-state index in [1.165, 1.54) is 11.1 Å². The van der Waals surface area contributed by atoms with E-state index in [2.05, 4.69) is 36.1 Å². The highest BCUT2D eigenvalue weighted by atomic mass is 35.5. The second kappa shape index (κ2) is 8.15.